The van der Waals surface area contributed by atoms with Gasteiger partial charge in [-0.15, -0.1) is 0 Å². The topological polar surface area (TPSA) is 270 Å². The lowest BCUT2D eigenvalue weighted by Crippen LogP contribution is -2.65. The van der Waals surface area contributed by atoms with Crippen LogP contribution in [0.3, 0.4) is 0 Å². The third-order valence-corrected chi connectivity index (χ3v) is 22.4. The van der Waals surface area contributed by atoms with E-state index >= 15 is 42.3 Å². The Morgan fingerprint density at radius 3 is 1.82 bits per heavy atom. The molecule has 3 N–H and O–H groups in total. The van der Waals surface area contributed by atoms with Crippen LogP contribution in [-0.4, -0.2) is 249 Å². The number of nitrogens with zero attached hydrogens (tertiary/aromatic N) is 9. The van der Waals surface area contributed by atoms with E-state index in [1.54, 1.807) is 26.0 Å². The van der Waals surface area contributed by atoms with Gasteiger partial charge in [0.2, 0.25) is 70.9 Å². The van der Waals surface area contributed by atoms with Crippen LogP contribution < -0.4 is 16.0 Å². The van der Waals surface area contributed by atoms with E-state index in [-0.39, 0.29) is 76.1 Å². The molecule has 6 fully saturated rings. The lowest BCUT2D eigenvalue weighted by atomic mass is 9.90. The standard InChI is InChI=1S/C74H105F5N12O12/c1-13-45(6)61-70(101)84(9)46(7)65(96)91-36-30-54(91)69(100)89(14-2)57(40-47-26-24-44(5)25-27-47)67(98)83(8)42-58(92)80-52(29-28-48-38-50(75)60(51(76)39-48)74(77,78)79)66(97)90-35-19-23-53(90)64(95)82-73(31-17-18-32-73)72(103)87(12)62(49-21-15-16-22-49)71(102)86(11)56(68(99)88-33-20-34-88)41-59(93)85(10)55(37-43(3)4)63(94)81-61/h24-27,38-39,43,45-46,49,52-57,61-62H,13-23,28-37,40-42H2,1-12H3,(H,80,92)(H,81,94)(H,82,95)/t45-,46-,52-,53-,54-,55-,56-,57-,61-,62-/m0/s1. The lowest BCUT2D eigenvalue weighted by molar-refractivity contribution is -0.161. The van der Waals surface area contributed by atoms with E-state index in [0.717, 1.165) is 10.5 Å². The number of benzene rings is 2. The molecule has 2 saturated carbocycles. The van der Waals surface area contributed by atoms with E-state index in [4.69, 9.17) is 0 Å². The average molecular weight is 1450 g/mol. The van der Waals surface area contributed by atoms with Crippen LogP contribution in [0.1, 0.15) is 167 Å². The number of halogens is 5. The second-order valence-electron chi connectivity index (χ2n) is 29.8. The van der Waals surface area contributed by atoms with Crippen molar-refractivity contribution < 1.29 is 79.5 Å². The Bertz CT molecular complexity index is 3470. The van der Waals surface area contributed by atoms with Crippen molar-refractivity contribution in [3.05, 3.63) is 70.3 Å². The molecular weight excluding hydrogens is 1340 g/mol. The first-order valence-corrected chi connectivity index (χ1v) is 36.6. The minimum atomic E-state index is -5.40. The Balaban J connectivity index is 1.19. The van der Waals surface area contributed by atoms with Gasteiger partial charge in [0.15, 0.2) is 0 Å². The summed E-state index contributed by atoms with van der Waals surface area (Å²) in [5.41, 5.74) is -2.56. The molecule has 2 aliphatic carbocycles. The molecular formula is C74H105F5N12O12. The number of alkyl halides is 3. The van der Waals surface area contributed by atoms with Crippen molar-refractivity contribution in [2.45, 2.75) is 230 Å². The highest BCUT2D eigenvalue weighted by Gasteiger charge is 2.53. The summed E-state index contributed by atoms with van der Waals surface area (Å²) in [7, 11) is 7.00. The summed E-state index contributed by atoms with van der Waals surface area (Å²) in [6.45, 7) is 12.2. The zero-order chi connectivity index (χ0) is 75.9. The van der Waals surface area contributed by atoms with E-state index in [2.05, 4.69) is 16.0 Å². The quantitative estimate of drug-likeness (QED) is 0.226. The van der Waals surface area contributed by atoms with E-state index in [1.165, 1.54) is 81.4 Å². The molecule has 24 nitrogen and oxygen atoms in total. The van der Waals surface area contributed by atoms with Crippen molar-refractivity contribution in [2.75, 3.05) is 74.5 Å². The summed E-state index contributed by atoms with van der Waals surface area (Å²) in [5.74, 6) is -13.4. The van der Waals surface area contributed by atoms with Crippen LogP contribution in [-0.2, 0) is 76.6 Å². The molecule has 8 rings (SSSR count). The average Bonchev–Trinajstić information content (AvgIpc) is 1.39. The fraction of sp³-hybridized carbons (Fsp3) is 0.676. The molecule has 4 saturated heterocycles. The van der Waals surface area contributed by atoms with Gasteiger partial charge in [-0.2, -0.15) is 13.2 Å². The highest BCUT2D eigenvalue weighted by molar-refractivity contribution is 6.01. The van der Waals surface area contributed by atoms with Gasteiger partial charge in [-0.05, 0) is 132 Å². The Morgan fingerprint density at radius 1 is 0.641 bits per heavy atom. The molecule has 10 atom stereocenters. The van der Waals surface area contributed by atoms with Gasteiger partial charge < -0.3 is 60.0 Å². The highest BCUT2D eigenvalue weighted by atomic mass is 19.4. The van der Waals surface area contributed by atoms with Gasteiger partial charge in [0.1, 0.15) is 77.1 Å². The molecule has 0 bridgehead atoms. The van der Waals surface area contributed by atoms with Crippen LogP contribution in [0.15, 0.2) is 36.4 Å². The van der Waals surface area contributed by atoms with Crippen LogP contribution in [0.4, 0.5) is 22.0 Å². The Kier molecular flexibility index (Phi) is 26.6. The molecule has 4 aliphatic heterocycles. The monoisotopic (exact) mass is 1450 g/mol. The van der Waals surface area contributed by atoms with Crippen LogP contribution in [0.25, 0.3) is 0 Å². The number of nitrogens with one attached hydrogen (secondary N) is 3. The van der Waals surface area contributed by atoms with Crippen molar-refractivity contribution in [1.29, 1.82) is 0 Å². The number of rotatable bonds is 12. The first-order chi connectivity index (χ1) is 48.5. The second kappa shape index (κ2) is 34.1. The van der Waals surface area contributed by atoms with Crippen LogP contribution in [0.2, 0.25) is 0 Å². The molecule has 0 aromatic heterocycles. The minimum Gasteiger partial charge on any atom is -0.343 e. The van der Waals surface area contributed by atoms with Crippen LogP contribution in [0, 0.1) is 36.3 Å². The summed E-state index contributed by atoms with van der Waals surface area (Å²) >= 11 is 0. The van der Waals surface area contributed by atoms with Crippen molar-refractivity contribution in [2.24, 2.45) is 17.8 Å². The number of carbonyl (C=O) groups excluding carboxylic acids is 12. The Hall–Kier alpha value is -8.27. The normalized spacial score (nSPS) is 26.9. The Morgan fingerprint density at radius 2 is 1.26 bits per heavy atom. The van der Waals surface area contributed by atoms with Gasteiger partial charge in [0, 0.05) is 74.4 Å². The fourth-order valence-electron chi connectivity index (χ4n) is 15.5. The van der Waals surface area contributed by atoms with Gasteiger partial charge in [-0.3, -0.25) is 57.5 Å². The maximum absolute atomic E-state index is 15.6. The zero-order valence-electron chi connectivity index (χ0n) is 61.7. The predicted octanol–water partition coefficient (Wildman–Crippen LogP) is 5.38. The summed E-state index contributed by atoms with van der Waals surface area (Å²) in [4.78, 5) is 192. The maximum atomic E-state index is 15.6. The van der Waals surface area contributed by atoms with Crippen molar-refractivity contribution >= 4 is 70.9 Å². The Labute approximate surface area is 600 Å². The fourth-order valence-corrected chi connectivity index (χ4v) is 15.5. The van der Waals surface area contributed by atoms with Crippen LogP contribution >= 0.6 is 0 Å². The van der Waals surface area contributed by atoms with E-state index < -0.39 is 192 Å². The van der Waals surface area contributed by atoms with Crippen molar-refractivity contribution in [3.8, 4) is 0 Å². The van der Waals surface area contributed by atoms with Gasteiger partial charge in [0.25, 0.3) is 0 Å². The molecule has 6 aliphatic rings. The maximum Gasteiger partial charge on any atom is 0.422 e. The van der Waals surface area contributed by atoms with Crippen molar-refractivity contribution in [3.63, 3.8) is 0 Å². The number of aryl methyl sites for hydroxylation is 2. The van der Waals surface area contributed by atoms with E-state index in [1.807, 2.05) is 39.8 Å². The lowest BCUT2D eigenvalue weighted by Gasteiger charge is -2.45. The van der Waals surface area contributed by atoms with Gasteiger partial charge in [-0.1, -0.05) is 89.6 Å². The smallest absolute Gasteiger partial charge is 0.343 e. The molecule has 0 unspecified atom stereocenters. The summed E-state index contributed by atoms with van der Waals surface area (Å²) in [6.07, 6.45) is -1.79. The summed E-state index contributed by atoms with van der Waals surface area (Å²) in [5, 5.41) is 8.56. The van der Waals surface area contributed by atoms with E-state index in [0.29, 0.717) is 82.2 Å². The molecule has 1 spiro atoms. The summed E-state index contributed by atoms with van der Waals surface area (Å²) < 4.78 is 71.6. The molecule has 0 radical (unpaired) electrons. The number of carbonyl (C=O) groups is 12. The molecule has 12 amide bonds. The number of likely N-dealkylation sites (N-methyl/N-ethyl adjacent to an activating group) is 6. The summed E-state index contributed by atoms with van der Waals surface area (Å²) in [6, 6.07) is -3.58. The molecule has 568 valence electrons. The predicted molar refractivity (Wildman–Crippen MR) is 370 cm³/mol. The third-order valence-electron chi connectivity index (χ3n) is 22.4. The van der Waals surface area contributed by atoms with Gasteiger partial charge in [-0.25, -0.2) is 8.78 Å². The van der Waals surface area contributed by atoms with Gasteiger partial charge in [0.05, 0.1) is 13.0 Å². The number of hydrogen-bond acceptors (Lipinski definition) is 12. The highest BCUT2D eigenvalue weighted by Crippen LogP contribution is 2.39. The number of fused-ring (bicyclic) bond motifs is 2. The van der Waals surface area contributed by atoms with Crippen LogP contribution in [0.5, 0.6) is 0 Å². The third kappa shape index (κ3) is 18.1. The van der Waals surface area contributed by atoms with Crippen molar-refractivity contribution in [1.82, 2.24) is 60.0 Å². The molecule has 2 aromatic carbocycles. The minimum absolute atomic E-state index is 0.0538. The molecule has 103 heavy (non-hydrogen) atoms. The first kappa shape index (κ1) is 80.4. The second-order valence-corrected chi connectivity index (χ2v) is 29.8. The number of hydrogen-bond donors (Lipinski definition) is 3. The molecule has 29 heteroatoms. The number of amides is 12. The first-order valence-electron chi connectivity index (χ1n) is 36.6. The largest absolute Gasteiger partial charge is 0.422 e. The van der Waals surface area contributed by atoms with Gasteiger partial charge >= 0.3 is 6.18 Å². The number of likely N-dealkylation sites (tertiary alicyclic amines) is 1. The van der Waals surface area contributed by atoms with E-state index in [9.17, 15) is 37.1 Å². The molecule has 2 aromatic rings. The molecule has 4 heterocycles. The zero-order valence-corrected chi connectivity index (χ0v) is 61.7. The SMILES string of the molecule is CC[C@H](C)[C@@H]1NC(=O)[C@H](CC(C)C)N(C)C(=O)C[C@@H](C(=O)N2CCC2)N(C)C(=O)[C@H](C2CCCC2)N(C)C(=O)C2(CCCC2)NC(=O)[C@@H]2CCCN2C(=O)[C@H](CCc2cc(F)c(C(F)(F)F)c(F)c2)NC(=O)CN(C)C(=O)[C@H](Cc2ccc(C)cc2)N(CC)C(=O)[C@@H]2CCN2C(=O)[C@H](C)N(C)C1=O.